The molecule has 0 unspecified atom stereocenters. The van der Waals surface area contributed by atoms with E-state index < -0.39 is 0 Å². The number of carbonyl (C=O) groups is 1. The molecule has 5 nitrogen and oxygen atoms in total. The van der Waals surface area contributed by atoms with Gasteiger partial charge in [-0.05, 0) is 63.9 Å². The van der Waals surface area contributed by atoms with Gasteiger partial charge in [-0.15, -0.1) is 0 Å². The van der Waals surface area contributed by atoms with E-state index in [4.69, 9.17) is 5.10 Å². The van der Waals surface area contributed by atoms with Crippen LogP contribution in [0.1, 0.15) is 41.6 Å². The number of hydrogen-bond acceptors (Lipinski definition) is 3. The van der Waals surface area contributed by atoms with Crippen LogP contribution in [-0.2, 0) is 0 Å². The predicted octanol–water partition coefficient (Wildman–Crippen LogP) is 4.55. The number of hydrogen-bond donors (Lipinski definition) is 0. The molecule has 0 N–H and O–H groups in total. The zero-order chi connectivity index (χ0) is 21.2. The zero-order valence-electron chi connectivity index (χ0n) is 18.2. The number of aromatic nitrogens is 2. The molecule has 0 spiro atoms. The SMILES string of the molecule is Cc1cccc(-c2nn(-c3ccccc3)cc2C(=O)N2CCC(N3CCCC3)CC2)c1. The highest BCUT2D eigenvalue weighted by Crippen LogP contribution is 2.28. The minimum atomic E-state index is 0.0959. The van der Waals surface area contributed by atoms with E-state index in [0.29, 0.717) is 11.6 Å². The maximum atomic E-state index is 13.6. The van der Waals surface area contributed by atoms with Crippen molar-refractivity contribution in [1.29, 1.82) is 0 Å². The normalized spacial score (nSPS) is 17.9. The standard InChI is InChI=1S/C26H30N4O/c1-20-8-7-9-21(18-20)25-24(19-30(27-25)23-10-3-2-4-11-23)26(31)29-16-12-22(13-17-29)28-14-5-6-15-28/h2-4,7-11,18-19,22H,5-6,12-17H2,1H3. The molecule has 0 radical (unpaired) electrons. The summed E-state index contributed by atoms with van der Waals surface area (Å²) in [6.07, 6.45) is 6.67. The highest BCUT2D eigenvalue weighted by atomic mass is 16.2. The summed E-state index contributed by atoms with van der Waals surface area (Å²) in [5.74, 6) is 0.0959. The van der Waals surface area contributed by atoms with Crippen LogP contribution in [0.15, 0.2) is 60.8 Å². The monoisotopic (exact) mass is 414 g/mol. The molecule has 3 aromatic rings. The minimum Gasteiger partial charge on any atom is -0.338 e. The first kappa shape index (κ1) is 20.0. The summed E-state index contributed by atoms with van der Waals surface area (Å²) in [5, 5.41) is 4.85. The average molecular weight is 415 g/mol. The van der Waals surface area contributed by atoms with E-state index in [1.54, 1.807) is 0 Å². The Bertz CT molecular complexity index is 1040. The quantitative estimate of drug-likeness (QED) is 0.629. The van der Waals surface area contributed by atoms with E-state index in [9.17, 15) is 4.79 Å². The number of aryl methyl sites for hydroxylation is 1. The second kappa shape index (κ2) is 8.67. The summed E-state index contributed by atoms with van der Waals surface area (Å²) >= 11 is 0. The first-order chi connectivity index (χ1) is 15.2. The summed E-state index contributed by atoms with van der Waals surface area (Å²) in [5.41, 5.74) is 4.57. The molecule has 2 saturated heterocycles. The van der Waals surface area contributed by atoms with Crippen molar-refractivity contribution in [3.05, 3.63) is 71.9 Å². The van der Waals surface area contributed by atoms with Crippen LogP contribution in [0.5, 0.6) is 0 Å². The van der Waals surface area contributed by atoms with Gasteiger partial charge in [0, 0.05) is 30.9 Å². The fraction of sp³-hybridized carbons (Fsp3) is 0.385. The molecule has 3 heterocycles. The van der Waals surface area contributed by atoms with Crippen molar-refractivity contribution in [3.63, 3.8) is 0 Å². The molecule has 0 atom stereocenters. The number of likely N-dealkylation sites (tertiary alicyclic amines) is 2. The topological polar surface area (TPSA) is 41.4 Å². The largest absolute Gasteiger partial charge is 0.338 e. The Kier molecular flexibility index (Phi) is 5.60. The van der Waals surface area contributed by atoms with E-state index in [1.165, 1.54) is 25.9 Å². The van der Waals surface area contributed by atoms with Crippen molar-refractivity contribution < 1.29 is 4.79 Å². The van der Waals surface area contributed by atoms with Crippen LogP contribution in [0.25, 0.3) is 16.9 Å². The molecule has 0 bridgehead atoms. The zero-order valence-corrected chi connectivity index (χ0v) is 18.2. The van der Waals surface area contributed by atoms with Crippen LogP contribution in [-0.4, -0.2) is 57.7 Å². The molecule has 1 amide bonds. The third kappa shape index (κ3) is 4.15. The van der Waals surface area contributed by atoms with E-state index >= 15 is 0 Å². The Balaban J connectivity index is 1.43. The summed E-state index contributed by atoms with van der Waals surface area (Å²) in [7, 11) is 0. The van der Waals surface area contributed by atoms with Gasteiger partial charge in [0.2, 0.25) is 0 Å². The van der Waals surface area contributed by atoms with Gasteiger partial charge in [0.05, 0.1) is 11.3 Å². The Hall–Kier alpha value is -2.92. The number of amides is 1. The lowest BCUT2D eigenvalue weighted by Gasteiger charge is -2.36. The third-order valence-corrected chi connectivity index (χ3v) is 6.67. The summed E-state index contributed by atoms with van der Waals surface area (Å²) in [6.45, 7) is 6.16. The Labute approximate surface area is 184 Å². The first-order valence-electron chi connectivity index (χ1n) is 11.4. The molecular formula is C26H30N4O. The van der Waals surface area contributed by atoms with Gasteiger partial charge in [-0.3, -0.25) is 4.79 Å². The summed E-state index contributed by atoms with van der Waals surface area (Å²) in [6, 6.07) is 18.9. The van der Waals surface area contributed by atoms with Crippen molar-refractivity contribution in [2.24, 2.45) is 0 Å². The second-order valence-corrected chi connectivity index (χ2v) is 8.81. The molecule has 1 aromatic heterocycles. The van der Waals surface area contributed by atoms with Crippen molar-refractivity contribution in [2.75, 3.05) is 26.2 Å². The smallest absolute Gasteiger partial charge is 0.257 e. The minimum absolute atomic E-state index is 0.0959. The Morgan fingerprint density at radius 3 is 2.39 bits per heavy atom. The van der Waals surface area contributed by atoms with E-state index in [-0.39, 0.29) is 5.91 Å². The highest BCUT2D eigenvalue weighted by molar-refractivity contribution is 6.00. The van der Waals surface area contributed by atoms with Crippen molar-refractivity contribution >= 4 is 5.91 Å². The van der Waals surface area contributed by atoms with Gasteiger partial charge < -0.3 is 9.80 Å². The lowest BCUT2D eigenvalue weighted by Crippen LogP contribution is -2.45. The number of rotatable bonds is 4. The molecule has 2 aliphatic heterocycles. The van der Waals surface area contributed by atoms with E-state index in [2.05, 4.69) is 24.0 Å². The van der Waals surface area contributed by atoms with E-state index in [0.717, 1.165) is 48.4 Å². The maximum Gasteiger partial charge on any atom is 0.257 e. The number of nitrogens with zero attached hydrogens (tertiary/aromatic N) is 4. The van der Waals surface area contributed by atoms with Crippen LogP contribution in [0.3, 0.4) is 0 Å². The fourth-order valence-corrected chi connectivity index (χ4v) is 4.96. The van der Waals surface area contributed by atoms with Crippen molar-refractivity contribution in [1.82, 2.24) is 19.6 Å². The molecule has 5 heteroatoms. The Morgan fingerprint density at radius 2 is 1.68 bits per heavy atom. The van der Waals surface area contributed by atoms with Gasteiger partial charge in [-0.1, -0.05) is 42.0 Å². The van der Waals surface area contributed by atoms with Crippen LogP contribution < -0.4 is 0 Å². The van der Waals surface area contributed by atoms with Gasteiger partial charge in [-0.25, -0.2) is 4.68 Å². The van der Waals surface area contributed by atoms with Crippen molar-refractivity contribution in [3.8, 4) is 16.9 Å². The number of piperidine rings is 1. The average Bonchev–Trinajstić information content (AvgIpc) is 3.50. The van der Waals surface area contributed by atoms with E-state index in [1.807, 2.05) is 58.2 Å². The highest BCUT2D eigenvalue weighted by Gasteiger charge is 2.30. The van der Waals surface area contributed by atoms with Crippen molar-refractivity contribution in [2.45, 2.75) is 38.6 Å². The van der Waals surface area contributed by atoms with Crippen LogP contribution in [0.2, 0.25) is 0 Å². The predicted molar refractivity (Wildman–Crippen MR) is 123 cm³/mol. The summed E-state index contributed by atoms with van der Waals surface area (Å²) in [4.78, 5) is 18.3. The third-order valence-electron chi connectivity index (χ3n) is 6.67. The fourth-order valence-electron chi connectivity index (χ4n) is 4.96. The molecule has 0 saturated carbocycles. The van der Waals surface area contributed by atoms with Gasteiger partial charge in [-0.2, -0.15) is 5.10 Å². The van der Waals surface area contributed by atoms with Gasteiger partial charge in [0.1, 0.15) is 5.69 Å². The number of benzene rings is 2. The van der Waals surface area contributed by atoms with Crippen LogP contribution >= 0.6 is 0 Å². The summed E-state index contributed by atoms with van der Waals surface area (Å²) < 4.78 is 1.84. The molecule has 2 fully saturated rings. The van der Waals surface area contributed by atoms with Gasteiger partial charge in [0.25, 0.3) is 5.91 Å². The number of carbonyl (C=O) groups excluding carboxylic acids is 1. The lowest BCUT2D eigenvalue weighted by atomic mass is 10.0. The molecule has 31 heavy (non-hydrogen) atoms. The Morgan fingerprint density at radius 1 is 0.935 bits per heavy atom. The lowest BCUT2D eigenvalue weighted by molar-refractivity contribution is 0.0645. The van der Waals surface area contributed by atoms with Gasteiger partial charge in [0.15, 0.2) is 0 Å². The molecule has 2 aromatic carbocycles. The van der Waals surface area contributed by atoms with Crippen LogP contribution in [0.4, 0.5) is 0 Å². The van der Waals surface area contributed by atoms with Crippen LogP contribution in [0, 0.1) is 6.92 Å². The van der Waals surface area contributed by atoms with Gasteiger partial charge >= 0.3 is 0 Å². The molecule has 160 valence electrons. The molecule has 0 aliphatic carbocycles. The number of para-hydroxylation sites is 1. The molecular weight excluding hydrogens is 384 g/mol. The molecule has 2 aliphatic rings. The maximum absolute atomic E-state index is 13.6. The molecule has 5 rings (SSSR count). The second-order valence-electron chi connectivity index (χ2n) is 8.81. The first-order valence-corrected chi connectivity index (χ1v) is 11.4.